The molecule has 4 nitrogen and oxygen atoms in total. The molecule has 1 fully saturated rings. The topological polar surface area (TPSA) is 55.1 Å². The first-order chi connectivity index (χ1) is 8.17. The molecule has 0 saturated heterocycles. The molecule has 4 heteroatoms. The molecule has 1 heterocycles. The van der Waals surface area contributed by atoms with Crippen molar-refractivity contribution in [1.29, 1.82) is 0 Å². The summed E-state index contributed by atoms with van der Waals surface area (Å²) in [6.45, 7) is 2.77. The smallest absolute Gasteiger partial charge is 0.212 e. The van der Waals surface area contributed by atoms with Gasteiger partial charge < -0.3 is 5.11 Å². The molecule has 1 aliphatic carbocycles. The van der Waals surface area contributed by atoms with E-state index in [0.717, 1.165) is 32.2 Å². The maximum Gasteiger partial charge on any atom is 0.212 e. The zero-order valence-electron chi connectivity index (χ0n) is 10.4. The van der Waals surface area contributed by atoms with Crippen molar-refractivity contribution in [3.05, 3.63) is 18.0 Å². The number of Topliss-reactive ketones (excluding diaryl/α,β-unsaturated/α-hetero) is 1. The predicted octanol–water partition coefficient (Wildman–Crippen LogP) is 2.17. The Balaban J connectivity index is 2.20. The van der Waals surface area contributed by atoms with Crippen LogP contribution in [-0.2, 0) is 6.54 Å². The van der Waals surface area contributed by atoms with Crippen molar-refractivity contribution < 1.29 is 9.90 Å². The maximum absolute atomic E-state index is 12.4. The van der Waals surface area contributed by atoms with Crippen LogP contribution in [0.25, 0.3) is 0 Å². The molecular weight excluding hydrogens is 216 g/mol. The van der Waals surface area contributed by atoms with Gasteiger partial charge in [0.1, 0.15) is 11.3 Å². The van der Waals surface area contributed by atoms with Gasteiger partial charge in [-0.2, -0.15) is 5.10 Å². The van der Waals surface area contributed by atoms with Gasteiger partial charge in [0.25, 0.3) is 0 Å². The molecular formula is C13H20N2O2. The number of carbonyl (C=O) groups excluding carboxylic acids is 1. The van der Waals surface area contributed by atoms with Crippen molar-refractivity contribution >= 4 is 5.78 Å². The fourth-order valence-electron chi connectivity index (χ4n) is 2.52. The second-order valence-electron chi connectivity index (χ2n) is 4.86. The average Bonchev–Trinajstić information content (AvgIpc) is 2.78. The summed E-state index contributed by atoms with van der Waals surface area (Å²) in [5, 5.41) is 14.6. The number of hydrogen-bond donors (Lipinski definition) is 1. The van der Waals surface area contributed by atoms with Gasteiger partial charge in [-0.1, -0.05) is 26.2 Å². The molecule has 17 heavy (non-hydrogen) atoms. The van der Waals surface area contributed by atoms with Crippen LogP contribution >= 0.6 is 0 Å². The lowest BCUT2D eigenvalue weighted by molar-refractivity contribution is 0.0106. The Bertz CT molecular complexity index is 392. The molecule has 0 aliphatic heterocycles. The SMILES string of the molecule is CCCn1nccc1C(=O)C1(O)CCCCC1. The number of nitrogens with zero attached hydrogens (tertiary/aromatic N) is 2. The third-order valence-electron chi connectivity index (χ3n) is 3.49. The normalized spacial score (nSPS) is 19.2. The predicted molar refractivity (Wildman–Crippen MR) is 64.9 cm³/mol. The second kappa shape index (κ2) is 5.00. The lowest BCUT2D eigenvalue weighted by atomic mass is 9.81. The Labute approximate surface area is 102 Å². The largest absolute Gasteiger partial charge is 0.382 e. The van der Waals surface area contributed by atoms with Gasteiger partial charge in [-0.25, -0.2) is 0 Å². The van der Waals surface area contributed by atoms with Crippen molar-refractivity contribution in [2.45, 2.75) is 57.6 Å². The van der Waals surface area contributed by atoms with Crippen molar-refractivity contribution in [3.63, 3.8) is 0 Å². The number of aromatic nitrogens is 2. The van der Waals surface area contributed by atoms with E-state index in [1.165, 1.54) is 0 Å². The van der Waals surface area contributed by atoms with E-state index in [1.807, 2.05) is 6.92 Å². The maximum atomic E-state index is 12.4. The molecule has 0 spiro atoms. The molecule has 1 aliphatic rings. The van der Waals surface area contributed by atoms with E-state index in [2.05, 4.69) is 5.10 Å². The molecule has 94 valence electrons. The average molecular weight is 236 g/mol. The molecule has 1 saturated carbocycles. The molecule has 0 atom stereocenters. The highest BCUT2D eigenvalue weighted by Crippen LogP contribution is 2.31. The summed E-state index contributed by atoms with van der Waals surface area (Å²) < 4.78 is 1.70. The van der Waals surface area contributed by atoms with E-state index in [4.69, 9.17) is 0 Å². The van der Waals surface area contributed by atoms with Crippen molar-refractivity contribution in [2.24, 2.45) is 0 Å². The van der Waals surface area contributed by atoms with Crippen LogP contribution in [0, 0.1) is 0 Å². The van der Waals surface area contributed by atoms with Crippen LogP contribution in [0.5, 0.6) is 0 Å². The van der Waals surface area contributed by atoms with Gasteiger partial charge in [0.15, 0.2) is 0 Å². The zero-order valence-corrected chi connectivity index (χ0v) is 10.4. The van der Waals surface area contributed by atoms with Gasteiger partial charge in [0.05, 0.1) is 0 Å². The Morgan fingerprint density at radius 2 is 2.18 bits per heavy atom. The summed E-state index contributed by atoms with van der Waals surface area (Å²) in [6, 6.07) is 1.71. The van der Waals surface area contributed by atoms with Crippen LogP contribution in [0.3, 0.4) is 0 Å². The van der Waals surface area contributed by atoms with Gasteiger partial charge in [0.2, 0.25) is 5.78 Å². The highest BCUT2D eigenvalue weighted by Gasteiger charge is 2.38. The monoisotopic (exact) mass is 236 g/mol. The molecule has 1 N–H and O–H groups in total. The van der Waals surface area contributed by atoms with Gasteiger partial charge in [-0.3, -0.25) is 9.48 Å². The Kier molecular flexibility index (Phi) is 3.62. The van der Waals surface area contributed by atoms with Crippen LogP contribution in [0.2, 0.25) is 0 Å². The van der Waals surface area contributed by atoms with Gasteiger partial charge in [-0.05, 0) is 25.3 Å². The molecule has 2 rings (SSSR count). The van der Waals surface area contributed by atoms with Crippen LogP contribution < -0.4 is 0 Å². The number of hydrogen-bond acceptors (Lipinski definition) is 3. The zero-order chi connectivity index (χ0) is 12.3. The first-order valence-electron chi connectivity index (χ1n) is 6.46. The van der Waals surface area contributed by atoms with Crippen LogP contribution in [0.4, 0.5) is 0 Å². The Morgan fingerprint density at radius 3 is 2.82 bits per heavy atom. The highest BCUT2D eigenvalue weighted by molar-refractivity contribution is 6.01. The lowest BCUT2D eigenvalue weighted by Gasteiger charge is -2.30. The number of aryl methyl sites for hydroxylation is 1. The third-order valence-corrected chi connectivity index (χ3v) is 3.49. The van der Waals surface area contributed by atoms with Gasteiger partial charge in [-0.15, -0.1) is 0 Å². The summed E-state index contributed by atoms with van der Waals surface area (Å²) in [5.74, 6) is -0.150. The molecule has 0 bridgehead atoms. The number of aliphatic hydroxyl groups is 1. The first-order valence-corrected chi connectivity index (χ1v) is 6.46. The van der Waals surface area contributed by atoms with Gasteiger partial charge >= 0.3 is 0 Å². The fourth-order valence-corrected chi connectivity index (χ4v) is 2.52. The lowest BCUT2D eigenvalue weighted by Crippen LogP contribution is -2.41. The number of carbonyl (C=O) groups is 1. The standard InChI is InChI=1S/C13H20N2O2/c1-2-10-15-11(6-9-14-15)12(16)13(17)7-4-3-5-8-13/h6,9,17H,2-5,7-8,10H2,1H3. The number of ketones is 1. The minimum Gasteiger partial charge on any atom is -0.382 e. The summed E-state index contributed by atoms with van der Waals surface area (Å²) in [7, 11) is 0. The molecule has 1 aromatic heterocycles. The van der Waals surface area contributed by atoms with Gasteiger partial charge in [0, 0.05) is 12.7 Å². The van der Waals surface area contributed by atoms with E-state index in [1.54, 1.807) is 16.9 Å². The third kappa shape index (κ3) is 2.41. The highest BCUT2D eigenvalue weighted by atomic mass is 16.3. The van der Waals surface area contributed by atoms with E-state index >= 15 is 0 Å². The first kappa shape index (κ1) is 12.3. The second-order valence-corrected chi connectivity index (χ2v) is 4.86. The van der Waals surface area contributed by atoms with Crippen molar-refractivity contribution in [3.8, 4) is 0 Å². The quantitative estimate of drug-likeness (QED) is 0.815. The molecule has 0 aromatic carbocycles. The molecule has 0 radical (unpaired) electrons. The fraction of sp³-hybridized carbons (Fsp3) is 0.692. The molecule has 0 unspecified atom stereocenters. The minimum atomic E-state index is -1.15. The summed E-state index contributed by atoms with van der Waals surface area (Å²) >= 11 is 0. The van der Waals surface area contributed by atoms with E-state index in [-0.39, 0.29) is 5.78 Å². The van der Waals surface area contributed by atoms with Crippen LogP contribution in [0.1, 0.15) is 55.9 Å². The van der Waals surface area contributed by atoms with Crippen molar-refractivity contribution in [1.82, 2.24) is 9.78 Å². The molecule has 1 aromatic rings. The number of rotatable bonds is 4. The van der Waals surface area contributed by atoms with Crippen LogP contribution in [0.15, 0.2) is 12.3 Å². The Hall–Kier alpha value is -1.16. The van der Waals surface area contributed by atoms with E-state index < -0.39 is 5.60 Å². The molecule has 0 amide bonds. The van der Waals surface area contributed by atoms with E-state index in [9.17, 15) is 9.90 Å². The summed E-state index contributed by atoms with van der Waals surface area (Å²) in [4.78, 5) is 12.4. The van der Waals surface area contributed by atoms with E-state index in [0.29, 0.717) is 18.5 Å². The van der Waals surface area contributed by atoms with Crippen molar-refractivity contribution in [2.75, 3.05) is 0 Å². The summed E-state index contributed by atoms with van der Waals surface area (Å²) in [6.07, 6.45) is 6.72. The summed E-state index contributed by atoms with van der Waals surface area (Å²) in [5.41, 5.74) is -0.597. The minimum absolute atomic E-state index is 0.150. The Morgan fingerprint density at radius 1 is 1.47 bits per heavy atom. The van der Waals surface area contributed by atoms with Crippen LogP contribution in [-0.4, -0.2) is 26.3 Å².